The van der Waals surface area contributed by atoms with Crippen molar-refractivity contribution >= 4 is 22.2 Å². The summed E-state index contributed by atoms with van der Waals surface area (Å²) in [5.41, 5.74) is -0.744. The summed E-state index contributed by atoms with van der Waals surface area (Å²) < 4.78 is 38.9. The van der Waals surface area contributed by atoms with Gasteiger partial charge in [0, 0.05) is 5.41 Å². The lowest BCUT2D eigenvalue weighted by Crippen LogP contribution is -2.21. The molecule has 0 heterocycles. The molecule has 1 rings (SSSR count). The van der Waals surface area contributed by atoms with Gasteiger partial charge < -0.3 is 9.11 Å². The number of allylic oxidation sites excluding steroid dienone is 1. The van der Waals surface area contributed by atoms with E-state index in [2.05, 4.69) is 0 Å². The van der Waals surface area contributed by atoms with E-state index in [9.17, 15) is 18.5 Å². The SMILES string of the molecule is O=[N+]([O-])/C=C/C1CC1(CS(=O)O)CS(=O)O. The second kappa shape index (κ2) is 5.13. The van der Waals surface area contributed by atoms with E-state index in [4.69, 9.17) is 9.11 Å². The minimum Gasteiger partial charge on any atom is -0.306 e. The van der Waals surface area contributed by atoms with E-state index < -0.39 is 32.5 Å². The van der Waals surface area contributed by atoms with E-state index in [-0.39, 0.29) is 17.4 Å². The molecular formula is C7H11NO6S2. The summed E-state index contributed by atoms with van der Waals surface area (Å²) in [6, 6.07) is 0. The van der Waals surface area contributed by atoms with Crippen LogP contribution in [0, 0.1) is 21.4 Å². The molecule has 0 radical (unpaired) electrons. The normalized spacial score (nSPS) is 32.5. The molecule has 0 saturated heterocycles. The molecule has 2 N–H and O–H groups in total. The van der Waals surface area contributed by atoms with Crippen LogP contribution in [0.15, 0.2) is 12.3 Å². The Morgan fingerprint density at radius 1 is 1.38 bits per heavy atom. The summed E-state index contributed by atoms with van der Waals surface area (Å²) in [6.07, 6.45) is 2.49. The summed E-state index contributed by atoms with van der Waals surface area (Å²) >= 11 is -4.15. The molecule has 0 aromatic heterocycles. The lowest BCUT2D eigenvalue weighted by atomic mass is 10.1. The van der Waals surface area contributed by atoms with Crippen molar-refractivity contribution in [2.45, 2.75) is 6.42 Å². The van der Waals surface area contributed by atoms with E-state index in [1.807, 2.05) is 0 Å². The number of hydrogen-bond donors (Lipinski definition) is 2. The molecule has 0 aliphatic heterocycles. The minimum atomic E-state index is -2.07. The first-order valence-corrected chi connectivity index (χ1v) is 6.88. The Morgan fingerprint density at radius 3 is 2.25 bits per heavy atom. The molecule has 0 bridgehead atoms. The Balaban J connectivity index is 2.67. The van der Waals surface area contributed by atoms with Gasteiger partial charge in [0.1, 0.15) is 0 Å². The quantitative estimate of drug-likeness (QED) is 0.405. The molecule has 3 atom stereocenters. The Morgan fingerprint density at radius 2 is 1.88 bits per heavy atom. The van der Waals surface area contributed by atoms with Gasteiger partial charge >= 0.3 is 0 Å². The number of rotatable bonds is 6. The summed E-state index contributed by atoms with van der Waals surface area (Å²) in [7, 11) is 0. The highest BCUT2D eigenvalue weighted by molar-refractivity contribution is 7.80. The molecule has 0 spiro atoms. The number of nitrogens with zero attached hydrogens (tertiary/aromatic N) is 1. The van der Waals surface area contributed by atoms with E-state index in [1.165, 1.54) is 6.08 Å². The lowest BCUT2D eigenvalue weighted by Gasteiger charge is -2.10. The smallest absolute Gasteiger partial charge is 0.230 e. The van der Waals surface area contributed by atoms with Crippen LogP contribution in [0.5, 0.6) is 0 Å². The number of hydrogen-bond acceptors (Lipinski definition) is 4. The van der Waals surface area contributed by atoms with Gasteiger partial charge in [-0.15, -0.1) is 0 Å². The summed E-state index contributed by atoms with van der Waals surface area (Å²) in [5, 5.41) is 10.1. The van der Waals surface area contributed by atoms with Gasteiger partial charge in [-0.1, -0.05) is 0 Å². The maximum absolute atomic E-state index is 10.7. The highest BCUT2D eigenvalue weighted by atomic mass is 32.2. The van der Waals surface area contributed by atoms with Crippen molar-refractivity contribution in [3.63, 3.8) is 0 Å². The zero-order valence-corrected chi connectivity index (χ0v) is 9.78. The third-order valence-electron chi connectivity index (χ3n) is 2.51. The Hall–Kier alpha value is -0.640. The second-order valence-corrected chi connectivity index (χ2v) is 5.59. The molecule has 1 fully saturated rings. The minimum absolute atomic E-state index is 0.133. The molecule has 0 aromatic rings. The molecule has 0 amide bonds. The highest BCUT2D eigenvalue weighted by Crippen LogP contribution is 2.54. The Labute approximate surface area is 96.6 Å². The van der Waals surface area contributed by atoms with Crippen molar-refractivity contribution in [3.05, 3.63) is 22.4 Å². The maximum atomic E-state index is 10.7. The predicted molar refractivity (Wildman–Crippen MR) is 58.0 cm³/mol. The fourth-order valence-corrected chi connectivity index (χ4v) is 3.67. The molecular weight excluding hydrogens is 258 g/mol. The average molecular weight is 269 g/mol. The standard InChI is InChI=1S/C7H11NO6S2/c9-8(10)2-1-6-3-7(6,4-15(11)12)5-16(13)14/h1-2,6H,3-5H2,(H,11,12)(H,13,14)/b2-1+. The van der Waals surface area contributed by atoms with Gasteiger partial charge in [-0.3, -0.25) is 10.1 Å². The van der Waals surface area contributed by atoms with Crippen LogP contribution in [0.4, 0.5) is 0 Å². The average Bonchev–Trinajstić information content (AvgIpc) is 2.71. The first-order valence-electron chi connectivity index (χ1n) is 4.32. The largest absolute Gasteiger partial charge is 0.306 e. The van der Waals surface area contributed by atoms with Crippen molar-refractivity contribution in [2.75, 3.05) is 11.5 Å². The predicted octanol–water partition coefficient (Wildman–Crippen LogP) is 0.227. The molecule has 9 heteroatoms. The lowest BCUT2D eigenvalue weighted by molar-refractivity contribution is -0.402. The number of nitro groups is 1. The monoisotopic (exact) mass is 269 g/mol. The van der Waals surface area contributed by atoms with Gasteiger partial charge in [0.15, 0.2) is 22.2 Å². The van der Waals surface area contributed by atoms with E-state index >= 15 is 0 Å². The molecule has 1 aliphatic rings. The molecule has 1 saturated carbocycles. The van der Waals surface area contributed by atoms with Crippen molar-refractivity contribution < 1.29 is 22.4 Å². The fourth-order valence-electron chi connectivity index (χ4n) is 1.69. The van der Waals surface area contributed by atoms with Crippen LogP contribution >= 0.6 is 0 Å². The van der Waals surface area contributed by atoms with Crippen LogP contribution in [-0.4, -0.2) is 34.0 Å². The summed E-state index contributed by atoms with van der Waals surface area (Å²) in [5.74, 6) is -0.539. The van der Waals surface area contributed by atoms with Gasteiger partial charge in [0.25, 0.3) is 0 Å². The highest BCUT2D eigenvalue weighted by Gasteiger charge is 2.55. The van der Waals surface area contributed by atoms with Gasteiger partial charge in [-0.05, 0) is 18.4 Å². The van der Waals surface area contributed by atoms with Crippen LogP contribution in [0.3, 0.4) is 0 Å². The first-order chi connectivity index (χ1) is 7.35. The van der Waals surface area contributed by atoms with E-state index in [1.54, 1.807) is 0 Å². The van der Waals surface area contributed by atoms with Crippen LogP contribution < -0.4 is 0 Å². The summed E-state index contributed by atoms with van der Waals surface area (Å²) in [6.45, 7) is 0. The maximum Gasteiger partial charge on any atom is 0.230 e. The summed E-state index contributed by atoms with van der Waals surface area (Å²) in [4.78, 5) is 9.46. The molecule has 16 heavy (non-hydrogen) atoms. The Bertz CT molecular complexity index is 352. The second-order valence-electron chi connectivity index (χ2n) is 3.73. The van der Waals surface area contributed by atoms with Gasteiger partial charge in [-0.25, -0.2) is 8.42 Å². The topological polar surface area (TPSA) is 118 Å². The van der Waals surface area contributed by atoms with Gasteiger partial charge in [0.2, 0.25) is 6.20 Å². The zero-order valence-electron chi connectivity index (χ0n) is 8.14. The van der Waals surface area contributed by atoms with Crippen molar-refractivity contribution in [3.8, 4) is 0 Å². The van der Waals surface area contributed by atoms with Gasteiger partial charge in [-0.2, -0.15) is 0 Å². The zero-order chi connectivity index (χ0) is 12.3. The Kier molecular flexibility index (Phi) is 4.30. The first kappa shape index (κ1) is 13.4. The van der Waals surface area contributed by atoms with Crippen LogP contribution in [0.1, 0.15) is 6.42 Å². The van der Waals surface area contributed by atoms with Crippen LogP contribution in [-0.2, 0) is 22.2 Å². The van der Waals surface area contributed by atoms with Crippen molar-refractivity contribution in [2.24, 2.45) is 11.3 Å². The molecule has 92 valence electrons. The third-order valence-corrected chi connectivity index (χ3v) is 4.16. The molecule has 7 nitrogen and oxygen atoms in total. The van der Waals surface area contributed by atoms with Crippen molar-refractivity contribution in [1.82, 2.24) is 0 Å². The fraction of sp³-hybridized carbons (Fsp3) is 0.714. The van der Waals surface area contributed by atoms with E-state index in [0.717, 1.165) is 6.20 Å². The van der Waals surface area contributed by atoms with E-state index in [0.29, 0.717) is 6.42 Å². The molecule has 3 unspecified atom stereocenters. The third kappa shape index (κ3) is 3.74. The van der Waals surface area contributed by atoms with Crippen LogP contribution in [0.25, 0.3) is 0 Å². The van der Waals surface area contributed by atoms with Crippen molar-refractivity contribution in [1.29, 1.82) is 0 Å². The molecule has 1 aliphatic carbocycles. The van der Waals surface area contributed by atoms with Crippen LogP contribution in [0.2, 0.25) is 0 Å². The molecule has 0 aromatic carbocycles. The van der Waals surface area contributed by atoms with Gasteiger partial charge in [0.05, 0.1) is 16.4 Å².